The number of hydrogen-bond donors (Lipinski definition) is 0. The lowest BCUT2D eigenvalue weighted by molar-refractivity contribution is -0.451. The minimum Gasteiger partial charge on any atom is -0.263 e. The first kappa shape index (κ1) is 11.3. The first-order valence-corrected chi connectivity index (χ1v) is 4.39. The highest BCUT2D eigenvalue weighted by molar-refractivity contribution is 9.11. The van der Waals surface area contributed by atoms with E-state index in [-0.39, 0.29) is 6.04 Å². The molecule has 0 aromatic rings. The van der Waals surface area contributed by atoms with Crippen molar-refractivity contribution >= 4 is 22.1 Å². The van der Waals surface area contributed by atoms with Gasteiger partial charge in [0.15, 0.2) is 0 Å². The summed E-state index contributed by atoms with van der Waals surface area (Å²) in [6.07, 6.45) is 3.25. The van der Waals surface area contributed by atoms with Gasteiger partial charge in [0.25, 0.3) is 0 Å². The zero-order chi connectivity index (χ0) is 9.56. The van der Waals surface area contributed by atoms with E-state index in [9.17, 15) is 10.1 Å². The second-order valence-corrected chi connectivity index (χ2v) is 2.55. The largest absolute Gasteiger partial charge is 0.334 e. The highest BCUT2D eigenvalue weighted by Crippen LogP contribution is 2.17. The van der Waals surface area contributed by atoms with Gasteiger partial charge in [0.05, 0.1) is 12.6 Å². The highest BCUT2D eigenvalue weighted by Gasteiger charge is 2.21. The Morgan fingerprint density at radius 2 is 2.25 bits per heavy atom. The summed E-state index contributed by atoms with van der Waals surface area (Å²) in [5, 5.41) is 10.1. The van der Waals surface area contributed by atoms with Crippen molar-refractivity contribution in [1.29, 1.82) is 0 Å². The lowest BCUT2D eigenvalue weighted by Crippen LogP contribution is -2.12. The number of aliphatic imine (C=N–C) groups is 1. The first-order chi connectivity index (χ1) is 5.70. The Bertz CT molecular complexity index is 213. The summed E-state index contributed by atoms with van der Waals surface area (Å²) in [4.78, 5) is 13.4. The average Bonchev–Trinajstić information content (AvgIpc) is 2.09. The predicted molar refractivity (Wildman–Crippen MR) is 51.7 cm³/mol. The van der Waals surface area contributed by atoms with Crippen LogP contribution in [0.15, 0.2) is 15.7 Å². The average molecular weight is 234 g/mol. The van der Waals surface area contributed by atoms with Gasteiger partial charge in [-0.05, 0) is 22.0 Å². The van der Waals surface area contributed by atoms with Crippen molar-refractivity contribution in [1.82, 2.24) is 0 Å². The number of hydrogen-bond acceptors (Lipinski definition) is 3. The van der Waals surface area contributed by atoms with Gasteiger partial charge in [0.1, 0.15) is 4.61 Å². The smallest absolute Gasteiger partial charge is 0.263 e. The van der Waals surface area contributed by atoms with Crippen LogP contribution in [0, 0.1) is 16.2 Å². The van der Waals surface area contributed by atoms with Crippen LogP contribution in [0.3, 0.4) is 0 Å². The van der Waals surface area contributed by atoms with Gasteiger partial charge in [-0.25, -0.2) is 4.99 Å². The molecule has 0 aliphatic carbocycles. The van der Waals surface area contributed by atoms with Gasteiger partial charge in [-0.15, -0.1) is 0 Å². The zero-order valence-electron chi connectivity index (χ0n) is 6.95. The molecule has 0 aromatic heterocycles. The summed E-state index contributed by atoms with van der Waals surface area (Å²) in [5.41, 5.74) is 0. The summed E-state index contributed by atoms with van der Waals surface area (Å²) in [5.74, 6) is 0. The molecule has 0 N–H and O–H groups in total. The van der Waals surface area contributed by atoms with Gasteiger partial charge >= 0.3 is 6.04 Å². The molecule has 5 heteroatoms. The zero-order valence-corrected chi connectivity index (χ0v) is 8.54. The van der Waals surface area contributed by atoms with Crippen LogP contribution >= 0.6 is 15.9 Å². The molecule has 0 aromatic carbocycles. The molecule has 0 saturated carbocycles. The molecule has 0 bridgehead atoms. The molecule has 67 valence electrons. The van der Waals surface area contributed by atoms with Crippen LogP contribution in [0.25, 0.3) is 0 Å². The monoisotopic (exact) mass is 233 g/mol. The molecule has 1 heterocycles. The van der Waals surface area contributed by atoms with Gasteiger partial charge < -0.3 is 0 Å². The van der Waals surface area contributed by atoms with Crippen LogP contribution in [0.4, 0.5) is 0 Å². The summed E-state index contributed by atoms with van der Waals surface area (Å²) >= 11 is 3.09. The van der Waals surface area contributed by atoms with E-state index in [1.165, 1.54) is 6.21 Å². The molecule has 0 amide bonds. The second kappa shape index (κ2) is 5.88. The Morgan fingerprint density at radius 1 is 1.67 bits per heavy atom. The maximum Gasteiger partial charge on any atom is 0.334 e. The van der Waals surface area contributed by atoms with E-state index in [2.05, 4.69) is 20.9 Å². The van der Waals surface area contributed by atoms with Gasteiger partial charge in [-0.2, -0.15) is 0 Å². The standard InChI is InChI=1S/C5H4BrN2O2.C2H6/c6-5-2-1-4(3-7-5)8(9)10;1-2/h2-3H,1H2;1-2H3. The molecule has 1 aliphatic rings. The quantitative estimate of drug-likeness (QED) is 0.397. The summed E-state index contributed by atoms with van der Waals surface area (Å²) < 4.78 is 0.651. The van der Waals surface area contributed by atoms with Gasteiger partial charge in [0.2, 0.25) is 0 Å². The topological polar surface area (TPSA) is 55.5 Å². The Kier molecular flexibility index (Phi) is 5.53. The molecule has 1 rings (SSSR count). The van der Waals surface area contributed by atoms with E-state index in [1.807, 2.05) is 13.8 Å². The van der Waals surface area contributed by atoms with Crippen LogP contribution in [0.2, 0.25) is 0 Å². The third kappa shape index (κ3) is 3.61. The Balaban J connectivity index is 0.000000561. The summed E-state index contributed by atoms with van der Waals surface area (Å²) in [6, 6.07) is 0.128. The van der Waals surface area contributed by atoms with Crippen molar-refractivity contribution in [2.75, 3.05) is 0 Å². The van der Waals surface area contributed by atoms with Crippen LogP contribution in [-0.2, 0) is 0 Å². The fourth-order valence-corrected chi connectivity index (χ4v) is 0.816. The fourth-order valence-electron chi connectivity index (χ4n) is 0.552. The van der Waals surface area contributed by atoms with E-state index in [1.54, 1.807) is 6.08 Å². The van der Waals surface area contributed by atoms with Crippen LogP contribution in [0.5, 0.6) is 0 Å². The van der Waals surface area contributed by atoms with Gasteiger partial charge in [0, 0.05) is 4.92 Å². The van der Waals surface area contributed by atoms with Crippen molar-refractivity contribution in [2.45, 2.75) is 20.3 Å². The fraction of sp³-hybridized carbons (Fsp3) is 0.429. The van der Waals surface area contributed by atoms with Gasteiger partial charge in [-0.1, -0.05) is 13.8 Å². The van der Waals surface area contributed by atoms with E-state index >= 15 is 0 Å². The maximum absolute atomic E-state index is 10.1. The molecule has 12 heavy (non-hydrogen) atoms. The van der Waals surface area contributed by atoms with E-state index in [4.69, 9.17) is 0 Å². The van der Waals surface area contributed by atoms with Crippen LogP contribution in [0.1, 0.15) is 20.3 Å². The van der Waals surface area contributed by atoms with Crippen molar-refractivity contribution in [3.8, 4) is 0 Å². The number of nitro groups is 1. The molecule has 1 aliphatic heterocycles. The van der Waals surface area contributed by atoms with E-state index < -0.39 is 4.92 Å². The van der Waals surface area contributed by atoms with Gasteiger partial charge in [-0.3, -0.25) is 10.1 Å². The molecule has 1 radical (unpaired) electrons. The molecule has 4 nitrogen and oxygen atoms in total. The first-order valence-electron chi connectivity index (χ1n) is 3.60. The lowest BCUT2D eigenvalue weighted by Gasteiger charge is -2.01. The van der Waals surface area contributed by atoms with Crippen molar-refractivity contribution in [3.05, 3.63) is 26.8 Å². The number of halogens is 1. The second-order valence-electron chi connectivity index (χ2n) is 1.74. The Labute approximate surface area is 79.7 Å². The SMILES string of the molecule is CC.O=[N+]([O-])[C]1C=NC(Br)=CC1. The molecule has 0 saturated heterocycles. The van der Waals surface area contributed by atoms with Crippen molar-refractivity contribution < 1.29 is 4.92 Å². The third-order valence-corrected chi connectivity index (χ3v) is 1.58. The number of nitrogens with zero attached hydrogens (tertiary/aromatic N) is 2. The predicted octanol–water partition coefficient (Wildman–Crippen LogP) is 2.53. The minimum absolute atomic E-state index is 0.128. The molecular weight excluding hydrogens is 224 g/mol. The lowest BCUT2D eigenvalue weighted by atomic mass is 10.2. The molecule has 0 spiro atoms. The third-order valence-electron chi connectivity index (χ3n) is 1.05. The highest BCUT2D eigenvalue weighted by atomic mass is 79.9. The van der Waals surface area contributed by atoms with Crippen molar-refractivity contribution in [3.63, 3.8) is 0 Å². The minimum atomic E-state index is -0.431. The van der Waals surface area contributed by atoms with E-state index in [0.717, 1.165) is 0 Å². The normalized spacial score (nSPS) is 16.1. The molecule has 0 fully saturated rings. The van der Waals surface area contributed by atoms with Crippen LogP contribution < -0.4 is 0 Å². The maximum atomic E-state index is 10.1. The molecule has 0 atom stereocenters. The van der Waals surface area contributed by atoms with E-state index in [0.29, 0.717) is 11.0 Å². The number of rotatable bonds is 1. The molecular formula is C7H10BrN2O2. The van der Waals surface area contributed by atoms with Crippen LogP contribution in [-0.4, -0.2) is 11.1 Å². The summed E-state index contributed by atoms with van der Waals surface area (Å²) in [6.45, 7) is 4.00. The Hall–Kier alpha value is -0.710. The molecule has 0 unspecified atom stereocenters. The Morgan fingerprint density at radius 3 is 2.58 bits per heavy atom. The van der Waals surface area contributed by atoms with Crippen molar-refractivity contribution in [2.24, 2.45) is 4.99 Å². The summed E-state index contributed by atoms with van der Waals surface area (Å²) in [7, 11) is 0.